The van der Waals surface area contributed by atoms with Gasteiger partial charge in [0.2, 0.25) is 0 Å². The van der Waals surface area contributed by atoms with E-state index in [1.54, 1.807) is 37.7 Å². The summed E-state index contributed by atoms with van der Waals surface area (Å²) in [5, 5.41) is 10.0. The van der Waals surface area contributed by atoms with Gasteiger partial charge in [-0.15, -0.1) is 0 Å². The number of ether oxygens (including phenoxy) is 1. The van der Waals surface area contributed by atoms with Crippen LogP contribution in [0, 0.1) is 0 Å². The van der Waals surface area contributed by atoms with Crippen molar-refractivity contribution in [2.45, 2.75) is 18.8 Å². The highest BCUT2D eigenvalue weighted by Gasteiger charge is 2.27. The molecule has 0 spiro atoms. The first kappa shape index (κ1) is 15.3. The Bertz CT molecular complexity index is 900. The van der Waals surface area contributed by atoms with Gasteiger partial charge in [-0.3, -0.25) is 14.9 Å². The molecular formula is C18H17N5O2. The molecular weight excluding hydrogens is 318 g/mol. The zero-order chi connectivity index (χ0) is 17.2. The van der Waals surface area contributed by atoms with Gasteiger partial charge >= 0.3 is 0 Å². The second kappa shape index (κ2) is 6.35. The van der Waals surface area contributed by atoms with Crippen molar-refractivity contribution in [2.75, 3.05) is 12.4 Å². The second-order valence-corrected chi connectivity index (χ2v) is 5.93. The normalized spacial score (nSPS) is 13.5. The topological polar surface area (TPSA) is 92.8 Å². The van der Waals surface area contributed by atoms with Crippen molar-refractivity contribution in [1.29, 1.82) is 0 Å². The molecule has 1 saturated carbocycles. The van der Waals surface area contributed by atoms with E-state index in [0.717, 1.165) is 11.4 Å². The van der Waals surface area contributed by atoms with Crippen molar-refractivity contribution in [3.63, 3.8) is 0 Å². The molecule has 2 N–H and O–H groups in total. The van der Waals surface area contributed by atoms with Gasteiger partial charge < -0.3 is 10.1 Å². The first-order valence-corrected chi connectivity index (χ1v) is 8.06. The molecule has 2 heterocycles. The van der Waals surface area contributed by atoms with Crippen LogP contribution in [0.1, 0.15) is 34.9 Å². The number of rotatable bonds is 5. The number of hydrogen-bond donors (Lipinski definition) is 2. The number of carbonyl (C=O) groups is 1. The smallest absolute Gasteiger partial charge is 0.255 e. The van der Waals surface area contributed by atoms with Gasteiger partial charge in [-0.1, -0.05) is 12.1 Å². The van der Waals surface area contributed by atoms with Crippen LogP contribution < -0.4 is 10.1 Å². The number of aromatic nitrogens is 4. The molecule has 0 bridgehead atoms. The Balaban J connectivity index is 1.50. The molecule has 1 amide bonds. The van der Waals surface area contributed by atoms with E-state index in [0.29, 0.717) is 28.7 Å². The van der Waals surface area contributed by atoms with Crippen molar-refractivity contribution in [2.24, 2.45) is 0 Å². The lowest BCUT2D eigenvalue weighted by Gasteiger charge is -2.09. The summed E-state index contributed by atoms with van der Waals surface area (Å²) >= 11 is 0. The number of nitrogens with zero attached hydrogens (tertiary/aromatic N) is 3. The van der Waals surface area contributed by atoms with Crippen LogP contribution in [0.2, 0.25) is 0 Å². The summed E-state index contributed by atoms with van der Waals surface area (Å²) in [6, 6.07) is 8.88. The molecule has 1 fully saturated rings. The highest BCUT2D eigenvalue weighted by Crippen LogP contribution is 2.38. The highest BCUT2D eigenvalue weighted by atomic mass is 16.5. The summed E-state index contributed by atoms with van der Waals surface area (Å²) in [6.45, 7) is 0. The van der Waals surface area contributed by atoms with E-state index in [1.165, 1.54) is 12.8 Å². The molecule has 0 atom stereocenters. The lowest BCUT2D eigenvalue weighted by Crippen LogP contribution is -2.12. The Labute approximate surface area is 144 Å². The second-order valence-electron chi connectivity index (χ2n) is 5.93. The van der Waals surface area contributed by atoms with Gasteiger partial charge in [0.1, 0.15) is 17.3 Å². The average Bonchev–Trinajstić information content (AvgIpc) is 3.39. The van der Waals surface area contributed by atoms with Crippen molar-refractivity contribution >= 4 is 11.6 Å². The van der Waals surface area contributed by atoms with Gasteiger partial charge in [-0.05, 0) is 25.0 Å². The van der Waals surface area contributed by atoms with Crippen LogP contribution in [0.5, 0.6) is 5.75 Å². The third kappa shape index (κ3) is 3.21. The van der Waals surface area contributed by atoms with Gasteiger partial charge in [0, 0.05) is 29.3 Å². The monoisotopic (exact) mass is 335 g/mol. The van der Waals surface area contributed by atoms with Crippen molar-refractivity contribution < 1.29 is 9.53 Å². The summed E-state index contributed by atoms with van der Waals surface area (Å²) in [4.78, 5) is 20.9. The molecule has 1 aromatic carbocycles. The Morgan fingerprint density at radius 2 is 2.04 bits per heavy atom. The Morgan fingerprint density at radius 3 is 2.76 bits per heavy atom. The SMILES string of the molecule is COc1ccncc1NC(=O)c1ccc(-c2n[nH]c(C3CC3)n2)cc1. The van der Waals surface area contributed by atoms with Gasteiger partial charge in [0.05, 0.1) is 13.3 Å². The Kier molecular flexibility index (Phi) is 3.89. The summed E-state index contributed by atoms with van der Waals surface area (Å²) in [6.07, 6.45) is 5.51. The summed E-state index contributed by atoms with van der Waals surface area (Å²) in [5.74, 6) is 2.46. The first-order chi connectivity index (χ1) is 12.2. The van der Waals surface area contributed by atoms with E-state index in [1.807, 2.05) is 12.1 Å². The van der Waals surface area contributed by atoms with Gasteiger partial charge in [-0.25, -0.2) is 4.98 Å². The van der Waals surface area contributed by atoms with Crippen molar-refractivity contribution in [3.8, 4) is 17.1 Å². The molecule has 126 valence electrons. The van der Waals surface area contributed by atoms with Gasteiger partial charge in [-0.2, -0.15) is 5.10 Å². The molecule has 7 nitrogen and oxygen atoms in total. The van der Waals surface area contributed by atoms with Crippen LogP contribution in [0.4, 0.5) is 5.69 Å². The van der Waals surface area contributed by atoms with E-state index in [4.69, 9.17) is 4.74 Å². The summed E-state index contributed by atoms with van der Waals surface area (Å²) in [7, 11) is 1.55. The minimum Gasteiger partial charge on any atom is -0.494 e. The minimum absolute atomic E-state index is 0.230. The number of amides is 1. The number of benzene rings is 1. The number of methoxy groups -OCH3 is 1. The number of hydrogen-bond acceptors (Lipinski definition) is 5. The molecule has 0 aliphatic heterocycles. The molecule has 2 aromatic heterocycles. The molecule has 4 rings (SSSR count). The lowest BCUT2D eigenvalue weighted by molar-refractivity contribution is 0.102. The molecule has 7 heteroatoms. The van der Waals surface area contributed by atoms with Crippen molar-refractivity contribution in [3.05, 3.63) is 54.1 Å². The van der Waals surface area contributed by atoms with Crippen LogP contribution in [0.15, 0.2) is 42.7 Å². The van der Waals surface area contributed by atoms with E-state index in [-0.39, 0.29) is 5.91 Å². The first-order valence-electron chi connectivity index (χ1n) is 8.06. The zero-order valence-corrected chi connectivity index (χ0v) is 13.7. The molecule has 3 aromatic rings. The highest BCUT2D eigenvalue weighted by molar-refractivity contribution is 6.05. The molecule has 0 radical (unpaired) electrons. The van der Waals surface area contributed by atoms with E-state index in [9.17, 15) is 4.79 Å². The van der Waals surface area contributed by atoms with E-state index in [2.05, 4.69) is 25.5 Å². The fourth-order valence-electron chi connectivity index (χ4n) is 2.56. The average molecular weight is 335 g/mol. The molecule has 0 unspecified atom stereocenters. The number of H-pyrrole nitrogens is 1. The zero-order valence-electron chi connectivity index (χ0n) is 13.7. The molecule has 1 aliphatic rings. The quantitative estimate of drug-likeness (QED) is 0.747. The summed E-state index contributed by atoms with van der Waals surface area (Å²) in [5.41, 5.74) is 1.94. The molecule has 25 heavy (non-hydrogen) atoms. The van der Waals surface area contributed by atoms with Crippen LogP contribution in [-0.4, -0.2) is 33.2 Å². The van der Waals surface area contributed by atoms with E-state index >= 15 is 0 Å². The van der Waals surface area contributed by atoms with Gasteiger partial charge in [0.25, 0.3) is 5.91 Å². The maximum Gasteiger partial charge on any atom is 0.255 e. The van der Waals surface area contributed by atoms with Crippen LogP contribution in [-0.2, 0) is 0 Å². The standard InChI is InChI=1S/C18H17N5O2/c1-25-15-8-9-19-10-14(15)20-18(24)13-6-4-12(5-7-13)17-21-16(22-23-17)11-2-3-11/h4-11H,2-3H2,1H3,(H,20,24)(H,21,22,23). The number of pyridine rings is 1. The number of nitrogens with one attached hydrogen (secondary N) is 2. The third-order valence-electron chi connectivity index (χ3n) is 4.12. The molecule has 1 aliphatic carbocycles. The van der Waals surface area contributed by atoms with E-state index < -0.39 is 0 Å². The Hall–Kier alpha value is -3.22. The molecule has 0 saturated heterocycles. The van der Waals surface area contributed by atoms with Crippen molar-refractivity contribution in [1.82, 2.24) is 20.2 Å². The summed E-state index contributed by atoms with van der Waals surface area (Å²) < 4.78 is 5.21. The van der Waals surface area contributed by atoms with Crippen LogP contribution in [0.3, 0.4) is 0 Å². The minimum atomic E-state index is -0.230. The maximum absolute atomic E-state index is 12.4. The number of anilines is 1. The van der Waals surface area contributed by atoms with Crippen LogP contribution in [0.25, 0.3) is 11.4 Å². The number of carbonyl (C=O) groups excluding carboxylic acids is 1. The Morgan fingerprint density at radius 1 is 1.24 bits per heavy atom. The predicted octanol–water partition coefficient (Wildman–Crippen LogP) is 3.01. The fraction of sp³-hybridized carbons (Fsp3) is 0.222. The largest absolute Gasteiger partial charge is 0.494 e. The maximum atomic E-state index is 12.4. The van der Waals surface area contributed by atoms with Gasteiger partial charge in [0.15, 0.2) is 5.82 Å². The van der Waals surface area contributed by atoms with Crippen LogP contribution >= 0.6 is 0 Å². The lowest BCUT2D eigenvalue weighted by atomic mass is 10.1. The predicted molar refractivity (Wildman–Crippen MR) is 92.5 cm³/mol. The number of aromatic amines is 1. The third-order valence-corrected chi connectivity index (χ3v) is 4.12. The fourth-order valence-corrected chi connectivity index (χ4v) is 2.56.